The minimum Gasteiger partial charge on any atom is -0.304 e. The monoisotopic (exact) mass is 189 g/mol. The highest BCUT2D eigenvalue weighted by Crippen LogP contribution is 1.73. The summed E-state index contributed by atoms with van der Waals surface area (Å²) in [6.45, 7) is 15.9. The van der Waals surface area contributed by atoms with E-state index < -0.39 is 0 Å². The topological polar surface area (TPSA) is 12.4 Å². The Labute approximate surface area is 87.3 Å². The molecule has 0 aromatic heterocycles. The highest BCUT2D eigenvalue weighted by atomic mass is 14.6. The first-order valence-corrected chi connectivity index (χ1v) is 3.10. The van der Waals surface area contributed by atoms with Crippen LogP contribution in [0.15, 0.2) is 29.8 Å². The van der Waals surface area contributed by atoms with Crippen LogP contribution in [0, 0.1) is 0 Å². The molecule has 0 aliphatic heterocycles. The number of rotatable bonds is 0. The minimum absolute atomic E-state index is 0. The Bertz CT molecular complexity index is 73.1. The van der Waals surface area contributed by atoms with E-state index in [4.69, 9.17) is 0 Å². The number of hydrogen-bond donors (Lipinski definition) is 0. The summed E-state index contributed by atoms with van der Waals surface area (Å²) >= 11 is 0. The molecule has 0 saturated heterocycles. The summed E-state index contributed by atoms with van der Waals surface area (Å²) in [6, 6.07) is 0. The van der Waals surface area contributed by atoms with Gasteiger partial charge in [-0.1, -0.05) is 33.9 Å². The number of aliphatic imine (C=N–C) groups is 1. The van der Waals surface area contributed by atoms with Gasteiger partial charge in [0.25, 0.3) is 0 Å². The van der Waals surface area contributed by atoms with Crippen LogP contribution in [-0.2, 0) is 0 Å². The van der Waals surface area contributed by atoms with Crippen molar-refractivity contribution in [1.82, 2.24) is 0 Å². The third-order valence-corrected chi connectivity index (χ3v) is 0. The van der Waals surface area contributed by atoms with Crippen LogP contribution in [0.1, 0.15) is 43.1 Å². The minimum atomic E-state index is 0. The molecule has 0 atom stereocenters. The normalized spacial score (nSPS) is 4.00. The molecule has 0 aliphatic rings. The maximum Gasteiger partial charge on any atom is 0.0269 e. The molecule has 0 radical (unpaired) electrons. The highest BCUT2D eigenvalue weighted by Gasteiger charge is 1.51. The van der Waals surface area contributed by atoms with E-state index in [-0.39, 0.29) is 22.3 Å². The first-order valence-electron chi connectivity index (χ1n) is 3.10. The fourth-order valence-corrected chi connectivity index (χ4v) is 0. The van der Waals surface area contributed by atoms with Gasteiger partial charge in [-0.05, 0) is 27.5 Å². The van der Waals surface area contributed by atoms with Crippen LogP contribution in [0.25, 0.3) is 0 Å². The maximum absolute atomic E-state index is 3.56. The summed E-state index contributed by atoms with van der Waals surface area (Å²) < 4.78 is 0. The van der Waals surface area contributed by atoms with Crippen molar-refractivity contribution in [3.05, 3.63) is 24.8 Å². The zero-order chi connectivity index (χ0) is 8.99. The average molecular weight is 189 g/mol. The van der Waals surface area contributed by atoms with Gasteiger partial charge < -0.3 is 4.99 Å². The van der Waals surface area contributed by atoms with Crippen molar-refractivity contribution in [2.24, 2.45) is 4.99 Å². The Kier molecular flexibility index (Phi) is 205. The first-order chi connectivity index (χ1) is 4.56. The van der Waals surface area contributed by atoms with Gasteiger partial charge in [0.1, 0.15) is 0 Å². The average Bonchev–Trinajstić information content (AvgIpc) is 1.65. The molecule has 0 heterocycles. The van der Waals surface area contributed by atoms with Crippen molar-refractivity contribution in [2.45, 2.75) is 43.1 Å². The zero-order valence-corrected chi connectivity index (χ0v) is 7.65. The fraction of sp³-hybridized carbons (Fsp3) is 0.583. The van der Waals surface area contributed by atoms with Crippen molar-refractivity contribution in [3.8, 4) is 0 Å². The van der Waals surface area contributed by atoms with E-state index in [1.54, 1.807) is 13.1 Å². The standard InChI is InChI=1S/C4H8.C3H6.C2H5N.3CH4/c1-4(2)3;2*1-3-2;;;/h1H2,2-3H3;3H,1H2,2H3;1H2,2H3;3*1H4. The van der Waals surface area contributed by atoms with Crippen LogP contribution in [0.4, 0.5) is 0 Å². The van der Waals surface area contributed by atoms with Crippen LogP contribution in [0.2, 0.25) is 0 Å². The molecule has 0 N–H and O–H groups in total. The van der Waals surface area contributed by atoms with Gasteiger partial charge in [-0.25, -0.2) is 0 Å². The van der Waals surface area contributed by atoms with Crippen molar-refractivity contribution < 1.29 is 0 Å². The molecular formula is C12H31N. The third kappa shape index (κ3) is 1290. The molecule has 13 heavy (non-hydrogen) atoms. The fourth-order valence-electron chi connectivity index (χ4n) is 0. The summed E-state index contributed by atoms with van der Waals surface area (Å²) in [7, 11) is 1.64. The predicted molar refractivity (Wildman–Crippen MR) is 72.0 cm³/mol. The molecular weight excluding hydrogens is 158 g/mol. The smallest absolute Gasteiger partial charge is 0.0269 e. The molecule has 1 nitrogen and oxygen atoms in total. The van der Waals surface area contributed by atoms with Crippen molar-refractivity contribution in [1.29, 1.82) is 0 Å². The molecule has 0 aliphatic carbocycles. The van der Waals surface area contributed by atoms with Gasteiger partial charge in [0.15, 0.2) is 0 Å². The lowest BCUT2D eigenvalue weighted by molar-refractivity contribution is 1.42. The Hall–Kier alpha value is -0.850. The summed E-state index contributed by atoms with van der Waals surface area (Å²) in [5, 5.41) is 0. The van der Waals surface area contributed by atoms with Crippen molar-refractivity contribution in [3.63, 3.8) is 0 Å². The van der Waals surface area contributed by atoms with E-state index in [1.165, 1.54) is 5.57 Å². The van der Waals surface area contributed by atoms with Crippen LogP contribution in [0.5, 0.6) is 0 Å². The Morgan fingerprint density at radius 2 is 1.15 bits per heavy atom. The second kappa shape index (κ2) is 66.7. The summed E-state index contributed by atoms with van der Waals surface area (Å²) in [4.78, 5) is 3.25. The van der Waals surface area contributed by atoms with Gasteiger partial charge in [0, 0.05) is 7.05 Å². The summed E-state index contributed by atoms with van der Waals surface area (Å²) in [5.74, 6) is 0. The molecule has 84 valence electrons. The van der Waals surface area contributed by atoms with Gasteiger partial charge in [-0.2, -0.15) is 0 Å². The largest absolute Gasteiger partial charge is 0.304 e. The van der Waals surface area contributed by atoms with Crippen LogP contribution >= 0.6 is 0 Å². The molecule has 0 bridgehead atoms. The zero-order valence-electron chi connectivity index (χ0n) is 7.65. The molecule has 0 fully saturated rings. The van der Waals surface area contributed by atoms with E-state index in [1.807, 2.05) is 20.8 Å². The van der Waals surface area contributed by atoms with Crippen LogP contribution < -0.4 is 0 Å². The molecule has 0 aromatic carbocycles. The van der Waals surface area contributed by atoms with Gasteiger partial charge in [-0.15, -0.1) is 13.2 Å². The second-order valence-electron chi connectivity index (χ2n) is 1.93. The van der Waals surface area contributed by atoms with E-state index in [0.717, 1.165) is 0 Å². The lowest BCUT2D eigenvalue weighted by atomic mass is 10.4. The van der Waals surface area contributed by atoms with E-state index >= 15 is 0 Å². The van der Waals surface area contributed by atoms with Gasteiger partial charge in [0.2, 0.25) is 0 Å². The first kappa shape index (κ1) is 39.9. The summed E-state index contributed by atoms with van der Waals surface area (Å²) in [5.41, 5.74) is 1.17. The third-order valence-electron chi connectivity index (χ3n) is 0. The molecule has 0 unspecified atom stereocenters. The molecule has 0 amide bonds. The summed E-state index contributed by atoms with van der Waals surface area (Å²) in [6.07, 6.45) is 1.75. The van der Waals surface area contributed by atoms with E-state index in [2.05, 4.69) is 24.9 Å². The number of nitrogens with zero attached hydrogens (tertiary/aromatic N) is 1. The molecule has 0 rings (SSSR count). The maximum atomic E-state index is 3.56. The van der Waals surface area contributed by atoms with Crippen LogP contribution in [0.3, 0.4) is 0 Å². The molecule has 0 spiro atoms. The number of hydrogen-bond acceptors (Lipinski definition) is 1. The lowest BCUT2D eigenvalue weighted by Gasteiger charge is -1.65. The molecule has 1 heteroatoms. The molecule has 0 saturated carbocycles. The second-order valence-corrected chi connectivity index (χ2v) is 1.93. The lowest BCUT2D eigenvalue weighted by Crippen LogP contribution is -1.43. The Morgan fingerprint density at radius 3 is 1.15 bits per heavy atom. The van der Waals surface area contributed by atoms with E-state index in [9.17, 15) is 0 Å². The Balaban J connectivity index is -0.0000000128. The number of allylic oxidation sites excluding steroid dienone is 2. The van der Waals surface area contributed by atoms with Gasteiger partial charge in [0.05, 0.1) is 0 Å². The van der Waals surface area contributed by atoms with Crippen molar-refractivity contribution in [2.75, 3.05) is 7.05 Å². The highest BCUT2D eigenvalue weighted by molar-refractivity contribution is 5.22. The van der Waals surface area contributed by atoms with Crippen molar-refractivity contribution >= 4 is 6.72 Å². The predicted octanol–water partition coefficient (Wildman–Crippen LogP) is 5.00. The SMILES string of the molecule is C.C.C.C=C(C)C.C=CC.C=NC. The Morgan fingerprint density at radius 1 is 1.15 bits per heavy atom. The molecule has 0 aromatic rings. The van der Waals surface area contributed by atoms with Gasteiger partial charge in [-0.3, -0.25) is 0 Å². The van der Waals surface area contributed by atoms with E-state index in [0.29, 0.717) is 0 Å². The van der Waals surface area contributed by atoms with Crippen LogP contribution in [-0.4, -0.2) is 13.8 Å². The quantitative estimate of drug-likeness (QED) is 0.375. The van der Waals surface area contributed by atoms with Gasteiger partial charge >= 0.3 is 0 Å².